The summed E-state index contributed by atoms with van der Waals surface area (Å²) in [5, 5.41) is 0. The smallest absolute Gasteiger partial charge is 0.305 e. The van der Waals surface area contributed by atoms with Crippen molar-refractivity contribution in [2.24, 2.45) is 0 Å². The van der Waals surface area contributed by atoms with Gasteiger partial charge in [0.05, 0.1) is 7.11 Å². The van der Waals surface area contributed by atoms with Crippen molar-refractivity contribution in [2.45, 2.75) is 77.6 Å². The van der Waals surface area contributed by atoms with Gasteiger partial charge < -0.3 is 4.74 Å². The van der Waals surface area contributed by atoms with Gasteiger partial charge in [-0.1, -0.05) is 57.3 Å². The number of hydrogen-bond donors (Lipinski definition) is 0. The summed E-state index contributed by atoms with van der Waals surface area (Å²) in [7, 11) is 1.42. The SMILES string of the molecule is CCCCC/C=C\C=C\C(=O)CCCCCCCC(=O)OC. The molecule has 0 rings (SSSR count). The second-order valence-corrected chi connectivity index (χ2v) is 5.59. The van der Waals surface area contributed by atoms with E-state index in [1.54, 1.807) is 6.08 Å². The molecule has 0 amide bonds. The first kappa shape index (κ1) is 20.6. The van der Waals surface area contributed by atoms with E-state index in [2.05, 4.69) is 17.7 Å². The van der Waals surface area contributed by atoms with E-state index in [1.165, 1.54) is 26.4 Å². The normalized spacial score (nSPS) is 11.4. The minimum absolute atomic E-state index is 0.136. The summed E-state index contributed by atoms with van der Waals surface area (Å²) >= 11 is 0. The summed E-state index contributed by atoms with van der Waals surface area (Å²) in [6, 6.07) is 0. The molecular weight excluding hydrogens is 276 g/mol. The molecule has 0 aliphatic carbocycles. The molecule has 0 aromatic rings. The van der Waals surface area contributed by atoms with Crippen molar-refractivity contribution >= 4 is 11.8 Å². The number of ether oxygens (including phenoxy) is 1. The van der Waals surface area contributed by atoms with Gasteiger partial charge in [-0.15, -0.1) is 0 Å². The molecule has 0 fully saturated rings. The number of rotatable bonds is 14. The minimum atomic E-state index is -0.136. The molecular formula is C19H32O3. The van der Waals surface area contributed by atoms with Crippen molar-refractivity contribution in [1.82, 2.24) is 0 Å². The average molecular weight is 308 g/mol. The maximum Gasteiger partial charge on any atom is 0.305 e. The first-order valence-corrected chi connectivity index (χ1v) is 8.63. The summed E-state index contributed by atoms with van der Waals surface area (Å²) < 4.78 is 4.59. The molecule has 0 aliphatic rings. The lowest BCUT2D eigenvalue weighted by molar-refractivity contribution is -0.140. The van der Waals surface area contributed by atoms with Crippen LogP contribution in [0.25, 0.3) is 0 Å². The monoisotopic (exact) mass is 308 g/mol. The van der Waals surface area contributed by atoms with Gasteiger partial charge in [-0.2, -0.15) is 0 Å². The molecule has 0 saturated carbocycles. The summed E-state index contributed by atoms with van der Waals surface area (Å²) in [6.07, 6.45) is 18.5. The standard InChI is InChI=1S/C19H32O3/c1-3-4-5-6-7-9-12-15-18(20)16-13-10-8-11-14-17-19(21)22-2/h7,9,12,15H,3-6,8,10-11,13-14,16-17H2,1-2H3/b9-7-,15-12+. The summed E-state index contributed by atoms with van der Waals surface area (Å²) in [5.74, 6) is 0.0656. The number of unbranched alkanes of at least 4 members (excludes halogenated alkanes) is 7. The van der Waals surface area contributed by atoms with E-state index in [4.69, 9.17) is 0 Å². The molecule has 0 aromatic heterocycles. The largest absolute Gasteiger partial charge is 0.469 e. The van der Waals surface area contributed by atoms with E-state index in [1.807, 2.05) is 12.2 Å². The van der Waals surface area contributed by atoms with Crippen LogP contribution in [0.5, 0.6) is 0 Å². The highest BCUT2D eigenvalue weighted by atomic mass is 16.5. The van der Waals surface area contributed by atoms with Crippen molar-refractivity contribution < 1.29 is 14.3 Å². The molecule has 3 heteroatoms. The molecule has 0 bridgehead atoms. The fourth-order valence-electron chi connectivity index (χ4n) is 2.13. The van der Waals surface area contributed by atoms with Gasteiger partial charge in [0.1, 0.15) is 0 Å². The Morgan fingerprint density at radius 3 is 2.23 bits per heavy atom. The van der Waals surface area contributed by atoms with Crippen LogP contribution in [0.3, 0.4) is 0 Å². The van der Waals surface area contributed by atoms with E-state index < -0.39 is 0 Å². The Bertz CT molecular complexity index is 343. The van der Waals surface area contributed by atoms with Crippen LogP contribution < -0.4 is 0 Å². The number of carbonyl (C=O) groups excluding carboxylic acids is 2. The maximum atomic E-state index is 11.6. The van der Waals surface area contributed by atoms with Crippen LogP contribution in [0.1, 0.15) is 77.6 Å². The molecule has 126 valence electrons. The maximum absolute atomic E-state index is 11.6. The zero-order chi connectivity index (χ0) is 16.5. The van der Waals surface area contributed by atoms with Crippen LogP contribution in [-0.2, 0) is 14.3 Å². The summed E-state index contributed by atoms with van der Waals surface area (Å²) in [5.41, 5.74) is 0. The second-order valence-electron chi connectivity index (χ2n) is 5.59. The van der Waals surface area contributed by atoms with Crippen molar-refractivity contribution in [1.29, 1.82) is 0 Å². The molecule has 0 spiro atoms. The minimum Gasteiger partial charge on any atom is -0.469 e. The van der Waals surface area contributed by atoms with E-state index in [-0.39, 0.29) is 11.8 Å². The van der Waals surface area contributed by atoms with Gasteiger partial charge in [-0.3, -0.25) is 9.59 Å². The van der Waals surface area contributed by atoms with Crippen LogP contribution in [0.2, 0.25) is 0 Å². The lowest BCUT2D eigenvalue weighted by Crippen LogP contribution is -1.99. The average Bonchev–Trinajstić information content (AvgIpc) is 2.52. The highest BCUT2D eigenvalue weighted by Gasteiger charge is 2.00. The molecule has 3 nitrogen and oxygen atoms in total. The first-order chi connectivity index (χ1) is 10.7. The van der Waals surface area contributed by atoms with E-state index in [9.17, 15) is 9.59 Å². The van der Waals surface area contributed by atoms with Crippen LogP contribution in [0, 0.1) is 0 Å². The quantitative estimate of drug-likeness (QED) is 0.193. The number of hydrogen-bond acceptors (Lipinski definition) is 3. The molecule has 0 aliphatic heterocycles. The van der Waals surface area contributed by atoms with E-state index >= 15 is 0 Å². The third-order valence-corrected chi connectivity index (χ3v) is 3.54. The van der Waals surface area contributed by atoms with Crippen LogP contribution >= 0.6 is 0 Å². The highest BCUT2D eigenvalue weighted by Crippen LogP contribution is 2.08. The molecule has 0 unspecified atom stereocenters. The van der Waals surface area contributed by atoms with Crippen LogP contribution in [-0.4, -0.2) is 18.9 Å². The van der Waals surface area contributed by atoms with Crippen molar-refractivity contribution in [3.63, 3.8) is 0 Å². The molecule has 0 saturated heterocycles. The van der Waals surface area contributed by atoms with Gasteiger partial charge >= 0.3 is 5.97 Å². The predicted octanol–water partition coefficient (Wildman–Crippen LogP) is 5.15. The number of methoxy groups -OCH3 is 1. The summed E-state index contributed by atoms with van der Waals surface area (Å²) in [4.78, 5) is 22.5. The van der Waals surface area contributed by atoms with Crippen LogP contribution in [0.15, 0.2) is 24.3 Å². The summed E-state index contributed by atoms with van der Waals surface area (Å²) in [6.45, 7) is 2.20. The van der Waals surface area contributed by atoms with Gasteiger partial charge in [-0.05, 0) is 31.8 Å². The third kappa shape index (κ3) is 15.0. The Morgan fingerprint density at radius 1 is 0.864 bits per heavy atom. The Kier molecular flexibility index (Phi) is 15.0. The lowest BCUT2D eigenvalue weighted by atomic mass is 10.1. The molecule has 0 aromatic carbocycles. The first-order valence-electron chi connectivity index (χ1n) is 8.63. The molecule has 22 heavy (non-hydrogen) atoms. The van der Waals surface area contributed by atoms with E-state index in [0.29, 0.717) is 12.8 Å². The Morgan fingerprint density at radius 2 is 1.55 bits per heavy atom. The zero-order valence-corrected chi connectivity index (χ0v) is 14.3. The Labute approximate surface area is 135 Å². The lowest BCUT2D eigenvalue weighted by Gasteiger charge is -2.00. The molecule has 0 atom stereocenters. The van der Waals surface area contributed by atoms with Crippen molar-refractivity contribution in [3.8, 4) is 0 Å². The Balaban J connectivity index is 3.43. The molecule has 0 radical (unpaired) electrons. The zero-order valence-electron chi connectivity index (χ0n) is 14.3. The number of ketones is 1. The fourth-order valence-corrected chi connectivity index (χ4v) is 2.13. The third-order valence-electron chi connectivity index (χ3n) is 3.54. The van der Waals surface area contributed by atoms with Gasteiger partial charge in [0.15, 0.2) is 5.78 Å². The second kappa shape index (κ2) is 16.0. The van der Waals surface area contributed by atoms with Gasteiger partial charge in [0, 0.05) is 12.8 Å². The fraction of sp³-hybridized carbons (Fsp3) is 0.684. The number of carbonyl (C=O) groups is 2. The number of esters is 1. The highest BCUT2D eigenvalue weighted by molar-refractivity contribution is 5.89. The molecule has 0 N–H and O–H groups in total. The Hall–Kier alpha value is -1.38. The van der Waals surface area contributed by atoms with E-state index in [0.717, 1.165) is 38.5 Å². The topological polar surface area (TPSA) is 43.4 Å². The van der Waals surface area contributed by atoms with Crippen molar-refractivity contribution in [3.05, 3.63) is 24.3 Å². The predicted molar refractivity (Wildman–Crippen MR) is 91.8 cm³/mol. The van der Waals surface area contributed by atoms with Gasteiger partial charge in [0.25, 0.3) is 0 Å². The van der Waals surface area contributed by atoms with Crippen LogP contribution in [0.4, 0.5) is 0 Å². The molecule has 0 heterocycles. The van der Waals surface area contributed by atoms with Gasteiger partial charge in [0.2, 0.25) is 0 Å². The van der Waals surface area contributed by atoms with Crippen molar-refractivity contribution in [2.75, 3.05) is 7.11 Å². The number of allylic oxidation sites excluding steroid dienone is 4. The van der Waals surface area contributed by atoms with Gasteiger partial charge in [-0.25, -0.2) is 0 Å².